The highest BCUT2D eigenvalue weighted by Gasteiger charge is 2.48. The number of hydrogen-bond donors (Lipinski definition) is 1. The largest absolute Gasteiger partial charge is 0.459 e. The number of carbonyl (C=O) groups excluding carboxylic acids is 3. The Morgan fingerprint density at radius 1 is 1.36 bits per heavy atom. The van der Waals surface area contributed by atoms with Crippen LogP contribution in [0.15, 0.2) is 27.2 Å². The maximum absolute atomic E-state index is 12.6. The topological polar surface area (TPSA) is 128 Å². The lowest BCUT2D eigenvalue weighted by atomic mass is 9.92. The molecule has 150 valence electrons. The quantitative estimate of drug-likeness (QED) is 0.536. The van der Waals surface area contributed by atoms with Crippen LogP contribution in [0.2, 0.25) is 0 Å². The number of imide groups is 1. The molecule has 1 fully saturated rings. The van der Waals surface area contributed by atoms with Gasteiger partial charge in [0, 0.05) is 0 Å². The van der Waals surface area contributed by atoms with E-state index in [4.69, 9.17) is 13.6 Å². The summed E-state index contributed by atoms with van der Waals surface area (Å²) in [6, 6.07) is 2.72. The fourth-order valence-electron chi connectivity index (χ4n) is 2.77. The van der Waals surface area contributed by atoms with Gasteiger partial charge in [0.2, 0.25) is 0 Å². The van der Waals surface area contributed by atoms with Crippen LogP contribution in [0.25, 0.3) is 11.7 Å². The average Bonchev–Trinajstić information content (AvgIpc) is 3.36. The summed E-state index contributed by atoms with van der Waals surface area (Å²) < 4.78 is 15.5. The smallest absolute Gasteiger partial charge is 0.326 e. The van der Waals surface area contributed by atoms with Crippen LogP contribution in [0.3, 0.4) is 0 Å². The lowest BCUT2D eigenvalue weighted by Gasteiger charge is -2.22. The number of ether oxygens (including phenoxy) is 1. The lowest BCUT2D eigenvalue weighted by molar-refractivity contribution is -0.149. The molecule has 1 aliphatic rings. The van der Waals surface area contributed by atoms with Crippen LogP contribution in [0.5, 0.6) is 0 Å². The highest BCUT2D eigenvalue weighted by Crippen LogP contribution is 2.24. The van der Waals surface area contributed by atoms with Crippen molar-refractivity contribution in [2.24, 2.45) is 5.92 Å². The molecule has 1 atom stereocenters. The molecule has 0 unspecified atom stereocenters. The number of rotatable bonds is 8. The lowest BCUT2D eigenvalue weighted by Crippen LogP contribution is -2.44. The third-order valence-corrected chi connectivity index (χ3v) is 4.41. The van der Waals surface area contributed by atoms with E-state index in [1.807, 2.05) is 13.8 Å². The van der Waals surface area contributed by atoms with Crippen LogP contribution < -0.4 is 5.32 Å². The Balaban J connectivity index is 1.53. The molecule has 3 rings (SSSR count). The predicted molar refractivity (Wildman–Crippen MR) is 94.5 cm³/mol. The van der Waals surface area contributed by atoms with Gasteiger partial charge in [-0.3, -0.25) is 14.5 Å². The van der Waals surface area contributed by atoms with E-state index >= 15 is 0 Å². The number of amides is 3. The number of nitrogens with one attached hydrogen (secondary N) is 1. The molecule has 1 N–H and O–H groups in total. The number of furan rings is 1. The van der Waals surface area contributed by atoms with Crippen LogP contribution in [-0.4, -0.2) is 45.1 Å². The number of nitrogens with zero attached hydrogens (tertiary/aromatic N) is 3. The van der Waals surface area contributed by atoms with E-state index in [2.05, 4.69) is 15.5 Å². The SMILES string of the molecule is CC(C)CC[C@]1(C)NC(=O)N(CC(=O)OCc2nnc(-c3ccco3)o2)C1=O. The van der Waals surface area contributed by atoms with Crippen molar-refractivity contribution in [3.63, 3.8) is 0 Å². The molecule has 0 aromatic carbocycles. The minimum Gasteiger partial charge on any atom is -0.459 e. The van der Waals surface area contributed by atoms with Crippen LogP contribution in [0.4, 0.5) is 4.79 Å². The van der Waals surface area contributed by atoms with Gasteiger partial charge in [-0.1, -0.05) is 13.8 Å². The molecule has 10 heteroatoms. The molecule has 0 radical (unpaired) electrons. The molecule has 0 aliphatic carbocycles. The molecule has 1 saturated heterocycles. The molecule has 28 heavy (non-hydrogen) atoms. The normalized spacial score (nSPS) is 19.4. The summed E-state index contributed by atoms with van der Waals surface area (Å²) in [5.41, 5.74) is -1.01. The van der Waals surface area contributed by atoms with E-state index in [1.54, 1.807) is 19.1 Å². The van der Waals surface area contributed by atoms with Gasteiger partial charge in [-0.15, -0.1) is 10.2 Å². The fourth-order valence-corrected chi connectivity index (χ4v) is 2.77. The summed E-state index contributed by atoms with van der Waals surface area (Å²) in [5.74, 6) is -0.182. The Bertz CT molecular complexity index is 859. The zero-order valence-electron chi connectivity index (χ0n) is 15.9. The van der Waals surface area contributed by atoms with Crippen molar-refractivity contribution in [2.75, 3.05) is 6.54 Å². The van der Waals surface area contributed by atoms with E-state index in [0.29, 0.717) is 18.1 Å². The second-order valence-electron chi connectivity index (χ2n) is 7.23. The average molecular weight is 390 g/mol. The first-order valence-electron chi connectivity index (χ1n) is 8.94. The van der Waals surface area contributed by atoms with E-state index in [-0.39, 0.29) is 18.4 Å². The standard InChI is InChI=1S/C18H22N4O6/c1-11(2)6-7-18(3)16(24)22(17(25)19-18)9-14(23)27-10-13-20-21-15(28-13)12-5-4-8-26-12/h4-5,8,11H,6-7,9-10H2,1-3H3,(H,19,25)/t18-/m0/s1. The van der Waals surface area contributed by atoms with Gasteiger partial charge in [0.25, 0.3) is 17.7 Å². The van der Waals surface area contributed by atoms with Gasteiger partial charge in [-0.05, 0) is 37.8 Å². The molecule has 0 bridgehead atoms. The Kier molecular flexibility index (Phi) is 5.48. The summed E-state index contributed by atoms with van der Waals surface area (Å²) in [7, 11) is 0. The summed E-state index contributed by atoms with van der Waals surface area (Å²) in [4.78, 5) is 37.6. The first kappa shape index (κ1) is 19.6. The highest BCUT2D eigenvalue weighted by atomic mass is 16.5. The Morgan fingerprint density at radius 3 is 2.82 bits per heavy atom. The molecule has 0 spiro atoms. The van der Waals surface area contributed by atoms with Crippen molar-refractivity contribution in [1.29, 1.82) is 0 Å². The molecule has 2 aromatic rings. The first-order valence-corrected chi connectivity index (χ1v) is 8.94. The number of carbonyl (C=O) groups is 3. The minimum atomic E-state index is -1.01. The van der Waals surface area contributed by atoms with Crippen molar-refractivity contribution in [2.45, 2.75) is 45.8 Å². The van der Waals surface area contributed by atoms with Gasteiger partial charge in [0.15, 0.2) is 12.4 Å². The molecule has 2 aromatic heterocycles. The van der Waals surface area contributed by atoms with Gasteiger partial charge in [0.1, 0.15) is 12.1 Å². The van der Waals surface area contributed by atoms with Gasteiger partial charge < -0.3 is 18.9 Å². The summed E-state index contributed by atoms with van der Waals surface area (Å²) >= 11 is 0. The van der Waals surface area contributed by atoms with Crippen LogP contribution >= 0.6 is 0 Å². The molecular formula is C18H22N4O6. The van der Waals surface area contributed by atoms with Gasteiger partial charge >= 0.3 is 12.0 Å². The zero-order valence-corrected chi connectivity index (χ0v) is 15.9. The van der Waals surface area contributed by atoms with E-state index < -0.39 is 30.0 Å². The monoisotopic (exact) mass is 390 g/mol. The van der Waals surface area contributed by atoms with Gasteiger partial charge in [-0.25, -0.2) is 4.79 Å². The van der Waals surface area contributed by atoms with Gasteiger partial charge in [-0.2, -0.15) is 0 Å². The van der Waals surface area contributed by atoms with Crippen molar-refractivity contribution in [3.8, 4) is 11.7 Å². The third-order valence-electron chi connectivity index (χ3n) is 4.41. The zero-order chi connectivity index (χ0) is 20.3. The Hall–Kier alpha value is -3.17. The maximum atomic E-state index is 12.6. The van der Waals surface area contributed by atoms with Crippen LogP contribution in [-0.2, 0) is 20.9 Å². The second-order valence-corrected chi connectivity index (χ2v) is 7.23. The number of urea groups is 1. The maximum Gasteiger partial charge on any atom is 0.326 e. The second kappa shape index (κ2) is 7.83. The van der Waals surface area contributed by atoms with E-state index in [1.165, 1.54) is 6.26 Å². The summed E-state index contributed by atoms with van der Waals surface area (Å²) in [5, 5.41) is 10.2. The molecule has 1 aliphatic heterocycles. The third kappa shape index (κ3) is 4.21. The molecule has 10 nitrogen and oxygen atoms in total. The highest BCUT2D eigenvalue weighted by molar-refractivity contribution is 6.08. The summed E-state index contributed by atoms with van der Waals surface area (Å²) in [6.45, 7) is 4.97. The summed E-state index contributed by atoms with van der Waals surface area (Å²) in [6.07, 6.45) is 2.74. The molecule has 0 saturated carbocycles. The first-order chi connectivity index (χ1) is 13.3. The Labute approximate surface area is 161 Å². The van der Waals surface area contributed by atoms with Crippen molar-refractivity contribution in [1.82, 2.24) is 20.4 Å². The van der Waals surface area contributed by atoms with Crippen molar-refractivity contribution < 1.29 is 28.0 Å². The van der Waals surface area contributed by atoms with Crippen molar-refractivity contribution in [3.05, 3.63) is 24.3 Å². The fraction of sp³-hybridized carbons (Fsp3) is 0.500. The Morgan fingerprint density at radius 2 is 2.14 bits per heavy atom. The molecular weight excluding hydrogens is 368 g/mol. The number of aromatic nitrogens is 2. The van der Waals surface area contributed by atoms with Crippen LogP contribution in [0.1, 0.15) is 39.5 Å². The van der Waals surface area contributed by atoms with E-state index in [9.17, 15) is 14.4 Å². The molecule has 3 heterocycles. The van der Waals surface area contributed by atoms with E-state index in [0.717, 1.165) is 11.3 Å². The van der Waals surface area contributed by atoms with Crippen LogP contribution in [0, 0.1) is 5.92 Å². The molecule has 3 amide bonds. The van der Waals surface area contributed by atoms with Gasteiger partial charge in [0.05, 0.1) is 6.26 Å². The predicted octanol–water partition coefficient (Wildman–Crippen LogP) is 2.12. The number of hydrogen-bond acceptors (Lipinski definition) is 8. The number of esters is 1. The minimum absolute atomic E-state index is 0.0683. The van der Waals surface area contributed by atoms with Crippen molar-refractivity contribution >= 4 is 17.9 Å².